The number of hydrogen-bond donors (Lipinski definition) is 1. The van der Waals surface area contributed by atoms with Crippen LogP contribution in [-0.4, -0.2) is 37.0 Å². The lowest BCUT2D eigenvalue weighted by molar-refractivity contribution is -0.129. The molecule has 25 heavy (non-hydrogen) atoms. The molecule has 1 rings (SSSR count). The maximum atomic E-state index is 12.3. The third-order valence-electron chi connectivity index (χ3n) is 4.13. The molecule has 0 fully saturated rings. The van der Waals surface area contributed by atoms with Crippen molar-refractivity contribution in [2.45, 2.75) is 65.7 Å². The largest absolute Gasteiger partial charge is 0.494 e. The Hall–Kier alpha value is -1.71. The number of unbranched alkanes of at least 4 members (excludes halogenated alkanes) is 4. The number of rotatable bonds is 14. The molecular weight excluding hydrogens is 312 g/mol. The second kappa shape index (κ2) is 13.6. The van der Waals surface area contributed by atoms with Gasteiger partial charge in [0.15, 0.2) is 0 Å². The molecule has 0 aliphatic rings. The molecule has 0 atom stereocenters. The molecule has 4 nitrogen and oxygen atoms in total. The predicted octanol–water partition coefficient (Wildman–Crippen LogP) is 5.10. The van der Waals surface area contributed by atoms with E-state index in [2.05, 4.69) is 26.1 Å². The van der Waals surface area contributed by atoms with Crippen molar-refractivity contribution >= 4 is 11.6 Å². The van der Waals surface area contributed by atoms with Gasteiger partial charge in [-0.1, -0.05) is 52.5 Å². The molecular formula is C21H36N2O2. The van der Waals surface area contributed by atoms with Crippen LogP contribution in [0.2, 0.25) is 0 Å². The summed E-state index contributed by atoms with van der Waals surface area (Å²) in [5, 5.41) is 3.23. The average Bonchev–Trinajstić information content (AvgIpc) is 2.63. The minimum absolute atomic E-state index is 0.158. The fourth-order valence-electron chi connectivity index (χ4n) is 2.78. The second-order valence-corrected chi connectivity index (χ2v) is 6.52. The number of carbonyl (C=O) groups excluding carboxylic acids is 1. The summed E-state index contributed by atoms with van der Waals surface area (Å²) >= 11 is 0. The van der Waals surface area contributed by atoms with Crippen molar-refractivity contribution in [3.63, 3.8) is 0 Å². The molecule has 1 aromatic rings. The van der Waals surface area contributed by atoms with Crippen molar-refractivity contribution in [2.75, 3.05) is 31.6 Å². The van der Waals surface area contributed by atoms with Gasteiger partial charge in [0.25, 0.3) is 0 Å². The zero-order chi connectivity index (χ0) is 18.3. The van der Waals surface area contributed by atoms with Gasteiger partial charge in [-0.2, -0.15) is 0 Å². The monoisotopic (exact) mass is 348 g/mol. The Morgan fingerprint density at radius 1 is 1.00 bits per heavy atom. The van der Waals surface area contributed by atoms with Crippen LogP contribution in [0.4, 0.5) is 5.69 Å². The predicted molar refractivity (Wildman–Crippen MR) is 106 cm³/mol. The number of ether oxygens (including phenoxy) is 1. The summed E-state index contributed by atoms with van der Waals surface area (Å²) in [6, 6.07) is 7.89. The number of amides is 1. The zero-order valence-electron chi connectivity index (χ0n) is 16.4. The van der Waals surface area contributed by atoms with Crippen LogP contribution >= 0.6 is 0 Å². The van der Waals surface area contributed by atoms with Gasteiger partial charge in [-0.25, -0.2) is 0 Å². The lowest BCUT2D eigenvalue weighted by Gasteiger charge is -2.22. The van der Waals surface area contributed by atoms with Gasteiger partial charge in [0, 0.05) is 24.8 Å². The highest BCUT2D eigenvalue weighted by Gasteiger charge is 2.11. The fraction of sp³-hybridized carbons (Fsp3) is 0.667. The topological polar surface area (TPSA) is 41.6 Å². The summed E-state index contributed by atoms with van der Waals surface area (Å²) in [4.78, 5) is 14.2. The third-order valence-corrected chi connectivity index (χ3v) is 4.13. The number of nitrogens with one attached hydrogen (secondary N) is 1. The van der Waals surface area contributed by atoms with Crippen molar-refractivity contribution in [3.05, 3.63) is 24.3 Å². The smallest absolute Gasteiger partial charge is 0.241 e. The molecule has 4 heteroatoms. The van der Waals surface area contributed by atoms with Gasteiger partial charge in [0.05, 0.1) is 13.2 Å². The molecule has 0 unspecified atom stereocenters. The molecule has 0 heterocycles. The normalized spacial score (nSPS) is 10.5. The standard InChI is InChI=1S/C21H36N2O2/c1-4-7-8-9-10-16-25-20-13-11-12-19(17-20)22-18-21(24)23(14-5-2)15-6-3/h11-13,17,22H,4-10,14-16,18H2,1-3H3. The second-order valence-electron chi connectivity index (χ2n) is 6.52. The van der Waals surface area contributed by atoms with Crippen LogP contribution in [-0.2, 0) is 4.79 Å². The van der Waals surface area contributed by atoms with Gasteiger partial charge in [-0.3, -0.25) is 4.79 Å². The first-order valence-electron chi connectivity index (χ1n) is 9.95. The Balaban J connectivity index is 2.37. The Labute approximate surface area is 153 Å². The number of nitrogens with zero attached hydrogens (tertiary/aromatic N) is 1. The first-order chi connectivity index (χ1) is 12.2. The Bertz CT molecular complexity index is 471. The lowest BCUT2D eigenvalue weighted by atomic mass is 10.2. The van der Waals surface area contributed by atoms with Crippen LogP contribution in [0.25, 0.3) is 0 Å². The molecule has 142 valence electrons. The number of anilines is 1. The molecule has 0 aromatic heterocycles. The Morgan fingerprint density at radius 2 is 1.72 bits per heavy atom. The quantitative estimate of drug-likeness (QED) is 0.476. The minimum atomic E-state index is 0.158. The maximum Gasteiger partial charge on any atom is 0.241 e. The number of benzene rings is 1. The Morgan fingerprint density at radius 3 is 2.40 bits per heavy atom. The van der Waals surface area contributed by atoms with E-state index in [9.17, 15) is 4.79 Å². The molecule has 0 aliphatic heterocycles. The molecule has 1 amide bonds. The van der Waals surface area contributed by atoms with Gasteiger partial charge >= 0.3 is 0 Å². The zero-order valence-corrected chi connectivity index (χ0v) is 16.4. The Kier molecular flexibility index (Phi) is 11.6. The van der Waals surface area contributed by atoms with Gasteiger partial charge in [-0.15, -0.1) is 0 Å². The highest BCUT2D eigenvalue weighted by Crippen LogP contribution is 2.18. The van der Waals surface area contributed by atoms with Crippen molar-refractivity contribution in [1.82, 2.24) is 4.90 Å². The molecule has 1 N–H and O–H groups in total. The van der Waals surface area contributed by atoms with Crippen LogP contribution in [0, 0.1) is 0 Å². The number of carbonyl (C=O) groups is 1. The average molecular weight is 349 g/mol. The molecule has 0 spiro atoms. The van der Waals surface area contributed by atoms with Gasteiger partial charge in [0.1, 0.15) is 5.75 Å². The van der Waals surface area contributed by atoms with E-state index in [1.165, 1.54) is 25.7 Å². The van der Waals surface area contributed by atoms with E-state index in [4.69, 9.17) is 4.74 Å². The summed E-state index contributed by atoms with van der Waals surface area (Å²) in [7, 11) is 0. The lowest BCUT2D eigenvalue weighted by Crippen LogP contribution is -2.36. The molecule has 1 aromatic carbocycles. The fourth-order valence-corrected chi connectivity index (χ4v) is 2.78. The first-order valence-corrected chi connectivity index (χ1v) is 9.95. The summed E-state index contributed by atoms with van der Waals surface area (Å²) in [5.41, 5.74) is 0.935. The van der Waals surface area contributed by atoms with Crippen LogP contribution in [0.1, 0.15) is 65.7 Å². The van der Waals surface area contributed by atoms with E-state index in [0.717, 1.165) is 50.4 Å². The van der Waals surface area contributed by atoms with E-state index in [-0.39, 0.29) is 5.91 Å². The van der Waals surface area contributed by atoms with Gasteiger partial charge < -0.3 is 15.0 Å². The first kappa shape index (κ1) is 21.3. The van der Waals surface area contributed by atoms with E-state index in [1.54, 1.807) is 0 Å². The van der Waals surface area contributed by atoms with Gasteiger partial charge in [0.2, 0.25) is 5.91 Å². The maximum absolute atomic E-state index is 12.3. The highest BCUT2D eigenvalue weighted by molar-refractivity contribution is 5.80. The highest BCUT2D eigenvalue weighted by atomic mass is 16.5. The summed E-state index contributed by atoms with van der Waals surface area (Å²) < 4.78 is 5.82. The van der Waals surface area contributed by atoms with Crippen LogP contribution in [0.15, 0.2) is 24.3 Å². The number of hydrogen-bond acceptors (Lipinski definition) is 3. The van der Waals surface area contributed by atoms with E-state index in [0.29, 0.717) is 6.54 Å². The summed E-state index contributed by atoms with van der Waals surface area (Å²) in [6.45, 7) is 9.18. The van der Waals surface area contributed by atoms with Crippen molar-refractivity contribution in [2.24, 2.45) is 0 Å². The van der Waals surface area contributed by atoms with E-state index in [1.807, 2.05) is 29.2 Å². The van der Waals surface area contributed by atoms with Crippen molar-refractivity contribution in [1.29, 1.82) is 0 Å². The molecule has 0 bridgehead atoms. The summed E-state index contributed by atoms with van der Waals surface area (Å²) in [5.74, 6) is 1.03. The summed E-state index contributed by atoms with van der Waals surface area (Å²) in [6.07, 6.45) is 8.17. The third kappa shape index (κ3) is 9.37. The van der Waals surface area contributed by atoms with E-state index >= 15 is 0 Å². The SMILES string of the molecule is CCCCCCCOc1cccc(NCC(=O)N(CCC)CCC)c1. The van der Waals surface area contributed by atoms with Crippen molar-refractivity contribution < 1.29 is 9.53 Å². The molecule has 0 saturated carbocycles. The molecule has 0 saturated heterocycles. The van der Waals surface area contributed by atoms with Crippen LogP contribution in [0.5, 0.6) is 5.75 Å². The van der Waals surface area contributed by atoms with Crippen LogP contribution < -0.4 is 10.1 Å². The van der Waals surface area contributed by atoms with Gasteiger partial charge in [-0.05, 0) is 31.4 Å². The van der Waals surface area contributed by atoms with Crippen LogP contribution in [0.3, 0.4) is 0 Å². The molecule has 0 radical (unpaired) electrons. The minimum Gasteiger partial charge on any atom is -0.494 e. The molecule has 0 aliphatic carbocycles. The van der Waals surface area contributed by atoms with E-state index < -0.39 is 0 Å². The van der Waals surface area contributed by atoms with Crippen molar-refractivity contribution in [3.8, 4) is 5.75 Å².